The van der Waals surface area contributed by atoms with Gasteiger partial charge in [-0.05, 0) is 55.2 Å². The van der Waals surface area contributed by atoms with Gasteiger partial charge >= 0.3 is 0 Å². The van der Waals surface area contributed by atoms with Crippen molar-refractivity contribution in [1.82, 2.24) is 4.90 Å². The van der Waals surface area contributed by atoms with Crippen molar-refractivity contribution >= 4 is 5.91 Å². The van der Waals surface area contributed by atoms with E-state index in [9.17, 15) is 14.3 Å². The maximum Gasteiger partial charge on any atom is 0.233 e. The molecule has 1 heterocycles. The quantitative estimate of drug-likeness (QED) is 0.925. The Morgan fingerprint density at radius 2 is 1.78 bits per heavy atom. The Kier molecular flexibility index (Phi) is 4.45. The Bertz CT molecular complexity index is 551. The van der Waals surface area contributed by atoms with Gasteiger partial charge in [-0.15, -0.1) is 0 Å². The van der Waals surface area contributed by atoms with Gasteiger partial charge < -0.3 is 10.0 Å². The molecule has 1 saturated heterocycles. The van der Waals surface area contributed by atoms with E-state index >= 15 is 0 Å². The zero-order valence-electron chi connectivity index (χ0n) is 13.9. The molecule has 3 rings (SSSR count). The Labute approximate surface area is 137 Å². The second kappa shape index (κ2) is 6.23. The molecule has 23 heavy (non-hydrogen) atoms. The molecule has 1 amide bonds. The van der Waals surface area contributed by atoms with Crippen LogP contribution in [0.3, 0.4) is 0 Å². The summed E-state index contributed by atoms with van der Waals surface area (Å²) >= 11 is 0. The van der Waals surface area contributed by atoms with Gasteiger partial charge in [0.1, 0.15) is 5.82 Å². The number of aliphatic hydroxyl groups is 1. The van der Waals surface area contributed by atoms with Crippen LogP contribution in [0.1, 0.15) is 51.0 Å². The highest BCUT2D eigenvalue weighted by atomic mass is 19.1. The predicted octanol–water partition coefficient (Wildman–Crippen LogP) is 3.26. The van der Waals surface area contributed by atoms with Gasteiger partial charge in [-0.25, -0.2) is 4.39 Å². The van der Waals surface area contributed by atoms with Gasteiger partial charge in [0.05, 0.1) is 5.41 Å². The van der Waals surface area contributed by atoms with Crippen molar-refractivity contribution in [2.24, 2.45) is 5.41 Å². The molecule has 2 fully saturated rings. The zero-order chi connectivity index (χ0) is 16.5. The topological polar surface area (TPSA) is 40.5 Å². The van der Waals surface area contributed by atoms with Crippen LogP contribution in [0.25, 0.3) is 0 Å². The fourth-order valence-corrected chi connectivity index (χ4v) is 4.04. The average molecular weight is 319 g/mol. The molecule has 1 N–H and O–H groups in total. The first-order chi connectivity index (χ1) is 11.1. The van der Waals surface area contributed by atoms with Crippen LogP contribution in [0, 0.1) is 11.2 Å². The van der Waals surface area contributed by atoms with E-state index in [2.05, 4.69) is 6.92 Å². The van der Waals surface area contributed by atoms with Crippen molar-refractivity contribution in [2.45, 2.75) is 50.9 Å². The molecule has 3 nitrogen and oxygen atoms in total. The van der Waals surface area contributed by atoms with E-state index in [1.165, 1.54) is 12.1 Å². The average Bonchev–Trinajstić information content (AvgIpc) is 2.55. The molecule has 0 unspecified atom stereocenters. The molecule has 0 spiro atoms. The smallest absolute Gasteiger partial charge is 0.233 e. The van der Waals surface area contributed by atoms with Crippen molar-refractivity contribution in [1.29, 1.82) is 0 Å². The molecule has 1 aromatic carbocycles. The molecule has 126 valence electrons. The first kappa shape index (κ1) is 16.4. The molecular weight excluding hydrogens is 293 g/mol. The molecule has 1 saturated carbocycles. The van der Waals surface area contributed by atoms with E-state index in [-0.39, 0.29) is 23.7 Å². The van der Waals surface area contributed by atoms with Crippen molar-refractivity contribution in [3.8, 4) is 0 Å². The van der Waals surface area contributed by atoms with E-state index in [0.29, 0.717) is 0 Å². The minimum absolute atomic E-state index is 0.0145. The molecule has 0 atom stereocenters. The van der Waals surface area contributed by atoms with Gasteiger partial charge in [-0.3, -0.25) is 4.79 Å². The van der Waals surface area contributed by atoms with Crippen molar-refractivity contribution < 1.29 is 14.3 Å². The van der Waals surface area contributed by atoms with Crippen LogP contribution in [-0.2, 0) is 10.2 Å². The highest BCUT2D eigenvalue weighted by Gasteiger charge is 2.48. The third-order valence-electron chi connectivity index (χ3n) is 6.21. The van der Waals surface area contributed by atoms with Crippen LogP contribution >= 0.6 is 0 Å². The molecule has 1 aliphatic carbocycles. The standard InChI is InChI=1S/C19H26FNO2/c1-2-18(14-22)10-12-21(13-11-18)17(23)19(8-3-9-19)15-4-6-16(20)7-5-15/h4-7,22H,2-3,8-14H2,1H3. The Hall–Kier alpha value is -1.42. The molecule has 4 heteroatoms. The number of hydrogen-bond acceptors (Lipinski definition) is 2. The number of hydrogen-bond donors (Lipinski definition) is 1. The highest BCUT2D eigenvalue weighted by Crippen LogP contribution is 2.46. The Morgan fingerprint density at radius 1 is 1.17 bits per heavy atom. The summed E-state index contributed by atoms with van der Waals surface area (Å²) in [5.41, 5.74) is 0.489. The summed E-state index contributed by atoms with van der Waals surface area (Å²) < 4.78 is 13.2. The first-order valence-corrected chi connectivity index (χ1v) is 8.72. The van der Waals surface area contributed by atoms with Crippen LogP contribution in [0.15, 0.2) is 24.3 Å². The first-order valence-electron chi connectivity index (χ1n) is 8.72. The number of rotatable bonds is 4. The number of carbonyl (C=O) groups excluding carboxylic acids is 1. The van der Waals surface area contributed by atoms with Crippen LogP contribution in [0.2, 0.25) is 0 Å². The van der Waals surface area contributed by atoms with E-state index < -0.39 is 5.41 Å². The monoisotopic (exact) mass is 319 g/mol. The number of amides is 1. The van der Waals surface area contributed by atoms with Crippen LogP contribution in [-0.4, -0.2) is 35.6 Å². The largest absolute Gasteiger partial charge is 0.396 e. The maximum atomic E-state index is 13.2. The Balaban J connectivity index is 1.75. The van der Waals surface area contributed by atoms with Gasteiger partial charge in [-0.2, -0.15) is 0 Å². The Morgan fingerprint density at radius 3 is 2.22 bits per heavy atom. The number of aliphatic hydroxyl groups excluding tert-OH is 1. The zero-order valence-corrected chi connectivity index (χ0v) is 13.9. The summed E-state index contributed by atoms with van der Waals surface area (Å²) in [6, 6.07) is 6.43. The number of benzene rings is 1. The summed E-state index contributed by atoms with van der Waals surface area (Å²) in [7, 11) is 0. The highest BCUT2D eigenvalue weighted by molar-refractivity contribution is 5.89. The number of carbonyl (C=O) groups is 1. The molecule has 1 aromatic rings. The number of halogens is 1. The number of likely N-dealkylation sites (tertiary alicyclic amines) is 1. The van der Waals surface area contributed by atoms with Crippen LogP contribution in [0.4, 0.5) is 4.39 Å². The van der Waals surface area contributed by atoms with Gasteiger partial charge in [0.25, 0.3) is 0 Å². The molecule has 0 radical (unpaired) electrons. The van der Waals surface area contributed by atoms with E-state index in [0.717, 1.165) is 57.2 Å². The van der Waals surface area contributed by atoms with Crippen molar-refractivity contribution in [3.05, 3.63) is 35.6 Å². The lowest BCUT2D eigenvalue weighted by Crippen LogP contribution is -2.54. The summed E-state index contributed by atoms with van der Waals surface area (Å²) in [6.45, 7) is 3.75. The van der Waals surface area contributed by atoms with E-state index in [1.807, 2.05) is 4.90 Å². The minimum atomic E-state index is -0.445. The van der Waals surface area contributed by atoms with E-state index in [1.54, 1.807) is 12.1 Å². The fourth-order valence-electron chi connectivity index (χ4n) is 4.04. The number of nitrogens with zero attached hydrogens (tertiary/aromatic N) is 1. The lowest BCUT2D eigenvalue weighted by Gasteiger charge is -2.47. The van der Waals surface area contributed by atoms with Crippen LogP contribution < -0.4 is 0 Å². The third kappa shape index (κ3) is 2.78. The summed E-state index contributed by atoms with van der Waals surface area (Å²) in [4.78, 5) is 15.1. The van der Waals surface area contributed by atoms with Gasteiger partial charge in [-0.1, -0.05) is 25.5 Å². The molecule has 0 aromatic heterocycles. The second-order valence-electron chi connectivity index (χ2n) is 7.25. The lowest BCUT2D eigenvalue weighted by atomic mass is 9.63. The van der Waals surface area contributed by atoms with Gasteiger partial charge in [0.15, 0.2) is 0 Å². The lowest BCUT2D eigenvalue weighted by molar-refractivity contribution is -0.144. The molecular formula is C19H26FNO2. The van der Waals surface area contributed by atoms with Gasteiger partial charge in [0, 0.05) is 19.7 Å². The maximum absolute atomic E-state index is 13.2. The fraction of sp³-hybridized carbons (Fsp3) is 0.632. The summed E-state index contributed by atoms with van der Waals surface area (Å²) in [5, 5.41) is 9.65. The second-order valence-corrected chi connectivity index (χ2v) is 7.25. The van der Waals surface area contributed by atoms with E-state index in [4.69, 9.17) is 0 Å². The SMILES string of the molecule is CCC1(CO)CCN(C(=O)C2(c3ccc(F)cc3)CCC2)CC1. The van der Waals surface area contributed by atoms with Crippen molar-refractivity contribution in [3.63, 3.8) is 0 Å². The number of piperidine rings is 1. The molecule has 0 bridgehead atoms. The van der Waals surface area contributed by atoms with Crippen LogP contribution in [0.5, 0.6) is 0 Å². The summed E-state index contributed by atoms with van der Waals surface area (Å²) in [6.07, 6.45) is 5.44. The van der Waals surface area contributed by atoms with Crippen molar-refractivity contribution in [2.75, 3.05) is 19.7 Å². The molecule has 2 aliphatic rings. The normalized spacial score (nSPS) is 22.5. The predicted molar refractivity (Wildman–Crippen MR) is 87.6 cm³/mol. The molecule has 1 aliphatic heterocycles. The summed E-state index contributed by atoms with van der Waals surface area (Å²) in [5.74, 6) is -0.0673. The third-order valence-corrected chi connectivity index (χ3v) is 6.21. The minimum Gasteiger partial charge on any atom is -0.396 e. The van der Waals surface area contributed by atoms with Gasteiger partial charge in [0.2, 0.25) is 5.91 Å².